The summed E-state index contributed by atoms with van der Waals surface area (Å²) in [4.78, 5) is 27.1. The largest absolute Gasteiger partial charge is 0.326 e. The fourth-order valence-corrected chi connectivity index (χ4v) is 5.28. The first kappa shape index (κ1) is 21.1. The van der Waals surface area contributed by atoms with Crippen LogP contribution in [0.2, 0.25) is 0 Å². The molecule has 0 unspecified atom stereocenters. The predicted octanol–water partition coefficient (Wildman–Crippen LogP) is 4.32. The number of carbonyl (C=O) groups excluding carboxylic acids is 2. The van der Waals surface area contributed by atoms with Gasteiger partial charge in [-0.05, 0) is 50.6 Å². The molecule has 3 aromatic carbocycles. The summed E-state index contributed by atoms with van der Waals surface area (Å²) < 4.78 is 24.9. The molecule has 7 heteroatoms. The quantitative estimate of drug-likeness (QED) is 0.598. The lowest BCUT2D eigenvalue weighted by atomic mass is 10.0. The zero-order chi connectivity index (χ0) is 22.2. The Kier molecular flexibility index (Phi) is 5.54. The van der Waals surface area contributed by atoms with Crippen LogP contribution in [0.1, 0.15) is 35.7 Å². The molecule has 0 bridgehead atoms. The molecule has 3 aromatic rings. The molecule has 4 rings (SSSR count). The van der Waals surface area contributed by atoms with Crippen LogP contribution in [-0.2, 0) is 14.6 Å². The number of aryl methyl sites for hydroxylation is 1. The Morgan fingerprint density at radius 2 is 1.77 bits per heavy atom. The Hall–Kier alpha value is -3.19. The van der Waals surface area contributed by atoms with Crippen LogP contribution in [0.5, 0.6) is 0 Å². The minimum absolute atomic E-state index is 0.0344. The maximum absolute atomic E-state index is 12.6. The molecule has 1 aliphatic rings. The Morgan fingerprint density at radius 1 is 1.03 bits per heavy atom. The van der Waals surface area contributed by atoms with Crippen molar-refractivity contribution in [3.05, 3.63) is 65.7 Å². The van der Waals surface area contributed by atoms with Crippen LogP contribution >= 0.6 is 0 Å². The van der Waals surface area contributed by atoms with Gasteiger partial charge in [0.1, 0.15) is 0 Å². The summed E-state index contributed by atoms with van der Waals surface area (Å²) >= 11 is 0. The number of benzene rings is 3. The fraction of sp³-hybridized carbons (Fsp3) is 0.250. The first-order valence-corrected chi connectivity index (χ1v) is 11.9. The van der Waals surface area contributed by atoms with Crippen molar-refractivity contribution < 1.29 is 18.0 Å². The molecule has 0 radical (unpaired) electrons. The number of carbonyl (C=O) groups is 2. The second kappa shape index (κ2) is 8.15. The molecule has 1 N–H and O–H groups in total. The van der Waals surface area contributed by atoms with Gasteiger partial charge in [0.25, 0.3) is 5.91 Å². The molecule has 160 valence electrons. The van der Waals surface area contributed by atoms with Crippen LogP contribution in [-0.4, -0.2) is 32.5 Å². The maximum atomic E-state index is 12.6. The first-order chi connectivity index (χ1) is 14.8. The number of hydrogen-bond acceptors (Lipinski definition) is 4. The standard InChI is InChI=1S/C24H24N2O4S/c1-3-26-21-14-13-20(18-6-4-7-19(23(18)21)24(26)28)25-22(27)8-5-15-31(29,30)17-11-9-16(2)10-12-17/h4,6-7,9-14H,3,5,8,15H2,1-2H3,(H,25,27). The van der Waals surface area contributed by atoms with Crippen molar-refractivity contribution in [3.63, 3.8) is 0 Å². The topological polar surface area (TPSA) is 83.6 Å². The molecule has 0 saturated carbocycles. The van der Waals surface area contributed by atoms with Gasteiger partial charge < -0.3 is 10.2 Å². The third-order valence-electron chi connectivity index (χ3n) is 5.57. The van der Waals surface area contributed by atoms with Crippen molar-refractivity contribution in [3.8, 4) is 0 Å². The second-order valence-corrected chi connectivity index (χ2v) is 9.80. The Balaban J connectivity index is 1.46. The van der Waals surface area contributed by atoms with Crippen LogP contribution in [0.3, 0.4) is 0 Å². The number of hydrogen-bond donors (Lipinski definition) is 1. The van der Waals surface area contributed by atoms with Crippen LogP contribution in [0.15, 0.2) is 59.5 Å². The van der Waals surface area contributed by atoms with Crippen molar-refractivity contribution in [1.82, 2.24) is 0 Å². The number of nitrogens with zero attached hydrogens (tertiary/aromatic N) is 1. The summed E-state index contributed by atoms with van der Waals surface area (Å²) in [5.74, 6) is -0.378. The minimum atomic E-state index is -3.42. The normalized spacial score (nSPS) is 13.1. The van der Waals surface area contributed by atoms with Gasteiger partial charge in [-0.2, -0.15) is 0 Å². The number of rotatable bonds is 7. The molecule has 0 atom stereocenters. The van der Waals surface area contributed by atoms with E-state index in [1.807, 2.05) is 32.0 Å². The SMILES string of the molecule is CCN1C(=O)c2cccc3c(NC(=O)CCCS(=O)(=O)c4ccc(C)cc4)ccc1c23. The van der Waals surface area contributed by atoms with E-state index in [1.54, 1.807) is 41.3 Å². The van der Waals surface area contributed by atoms with E-state index >= 15 is 0 Å². The van der Waals surface area contributed by atoms with Crippen LogP contribution in [0, 0.1) is 6.92 Å². The maximum Gasteiger partial charge on any atom is 0.258 e. The van der Waals surface area contributed by atoms with Crippen molar-refractivity contribution in [2.75, 3.05) is 22.5 Å². The second-order valence-electron chi connectivity index (χ2n) is 7.69. The lowest BCUT2D eigenvalue weighted by Gasteiger charge is -2.15. The summed E-state index contributed by atoms with van der Waals surface area (Å²) in [6, 6.07) is 15.8. The van der Waals surface area contributed by atoms with E-state index < -0.39 is 9.84 Å². The molecular weight excluding hydrogens is 412 g/mol. The lowest BCUT2D eigenvalue weighted by Crippen LogP contribution is -2.25. The highest BCUT2D eigenvalue weighted by atomic mass is 32.2. The lowest BCUT2D eigenvalue weighted by molar-refractivity contribution is -0.116. The third-order valence-corrected chi connectivity index (χ3v) is 7.39. The summed E-state index contributed by atoms with van der Waals surface area (Å²) in [7, 11) is -3.42. The molecule has 6 nitrogen and oxygen atoms in total. The van der Waals surface area contributed by atoms with Crippen LogP contribution in [0.4, 0.5) is 11.4 Å². The summed E-state index contributed by atoms with van der Waals surface area (Å²) in [5.41, 5.74) is 3.10. The summed E-state index contributed by atoms with van der Waals surface area (Å²) in [6.07, 6.45) is 0.319. The van der Waals surface area contributed by atoms with Crippen molar-refractivity contribution >= 4 is 43.8 Å². The van der Waals surface area contributed by atoms with E-state index in [-0.39, 0.29) is 35.3 Å². The fourth-order valence-electron chi connectivity index (χ4n) is 3.97. The number of sulfone groups is 1. The molecule has 0 saturated heterocycles. The Morgan fingerprint density at radius 3 is 2.48 bits per heavy atom. The molecule has 0 aliphatic carbocycles. The third kappa shape index (κ3) is 3.93. The highest BCUT2D eigenvalue weighted by molar-refractivity contribution is 7.91. The van der Waals surface area contributed by atoms with E-state index in [0.29, 0.717) is 17.8 Å². The zero-order valence-electron chi connectivity index (χ0n) is 17.5. The smallest absolute Gasteiger partial charge is 0.258 e. The predicted molar refractivity (Wildman–Crippen MR) is 122 cm³/mol. The molecule has 1 aliphatic heterocycles. The van der Waals surface area contributed by atoms with Crippen LogP contribution < -0.4 is 10.2 Å². The van der Waals surface area contributed by atoms with Gasteiger partial charge in [0.05, 0.1) is 16.3 Å². The Bertz CT molecular complexity index is 1280. The van der Waals surface area contributed by atoms with Gasteiger partial charge in [0.15, 0.2) is 9.84 Å². The van der Waals surface area contributed by atoms with E-state index in [4.69, 9.17) is 0 Å². The van der Waals surface area contributed by atoms with E-state index in [2.05, 4.69) is 5.32 Å². The molecule has 0 fully saturated rings. The average molecular weight is 437 g/mol. The van der Waals surface area contributed by atoms with Gasteiger partial charge in [0.2, 0.25) is 5.91 Å². The van der Waals surface area contributed by atoms with Gasteiger partial charge in [-0.1, -0.05) is 29.8 Å². The number of amides is 2. The van der Waals surface area contributed by atoms with Crippen molar-refractivity contribution in [1.29, 1.82) is 0 Å². The van der Waals surface area contributed by atoms with E-state index in [9.17, 15) is 18.0 Å². The average Bonchev–Trinajstić information content (AvgIpc) is 3.02. The van der Waals surface area contributed by atoms with Gasteiger partial charge >= 0.3 is 0 Å². The minimum Gasteiger partial charge on any atom is -0.326 e. The molecule has 1 heterocycles. The molecular formula is C24H24N2O4S. The van der Waals surface area contributed by atoms with E-state index in [1.165, 1.54) is 0 Å². The highest BCUT2D eigenvalue weighted by Gasteiger charge is 2.29. The van der Waals surface area contributed by atoms with Crippen molar-refractivity contribution in [2.24, 2.45) is 0 Å². The first-order valence-electron chi connectivity index (χ1n) is 10.3. The van der Waals surface area contributed by atoms with E-state index in [0.717, 1.165) is 22.0 Å². The van der Waals surface area contributed by atoms with Gasteiger partial charge in [-0.15, -0.1) is 0 Å². The number of anilines is 2. The molecule has 0 spiro atoms. The monoisotopic (exact) mass is 436 g/mol. The molecule has 0 aromatic heterocycles. The van der Waals surface area contributed by atoms with Gasteiger partial charge in [-0.25, -0.2) is 8.42 Å². The molecule has 31 heavy (non-hydrogen) atoms. The van der Waals surface area contributed by atoms with Gasteiger partial charge in [0, 0.05) is 35.0 Å². The van der Waals surface area contributed by atoms with Gasteiger partial charge in [-0.3, -0.25) is 9.59 Å². The van der Waals surface area contributed by atoms with Crippen LogP contribution in [0.25, 0.3) is 10.8 Å². The highest BCUT2D eigenvalue weighted by Crippen LogP contribution is 2.40. The summed E-state index contributed by atoms with van der Waals surface area (Å²) in [6.45, 7) is 4.40. The number of nitrogens with one attached hydrogen (secondary N) is 1. The molecule has 2 amide bonds. The zero-order valence-corrected chi connectivity index (χ0v) is 18.3. The summed E-state index contributed by atoms with van der Waals surface area (Å²) in [5, 5.41) is 4.53. The van der Waals surface area contributed by atoms with Crippen molar-refractivity contribution in [2.45, 2.75) is 31.6 Å². The Labute approximate surface area is 181 Å².